The molecule has 17 heavy (non-hydrogen) atoms. The highest BCUT2D eigenvalue weighted by atomic mass is 15.2. The third-order valence-corrected chi connectivity index (χ3v) is 4.16. The highest BCUT2D eigenvalue weighted by Crippen LogP contribution is 2.36. The van der Waals surface area contributed by atoms with Crippen molar-refractivity contribution in [3.63, 3.8) is 0 Å². The first-order chi connectivity index (χ1) is 8.31. The van der Waals surface area contributed by atoms with Crippen LogP contribution in [0.25, 0.3) is 0 Å². The van der Waals surface area contributed by atoms with E-state index in [1.165, 1.54) is 0 Å². The van der Waals surface area contributed by atoms with E-state index in [0.717, 1.165) is 36.8 Å². The van der Waals surface area contributed by atoms with E-state index < -0.39 is 0 Å². The van der Waals surface area contributed by atoms with Gasteiger partial charge in [0.2, 0.25) is 0 Å². The van der Waals surface area contributed by atoms with Gasteiger partial charge < -0.3 is 10.2 Å². The summed E-state index contributed by atoms with van der Waals surface area (Å²) in [4.78, 5) is 6.51. The molecule has 88 valence electrons. The maximum absolute atomic E-state index is 9.15. The topological polar surface area (TPSA) is 52.0 Å². The highest BCUT2D eigenvalue weighted by Gasteiger charge is 2.42. The van der Waals surface area contributed by atoms with E-state index in [9.17, 15) is 0 Å². The summed E-state index contributed by atoms with van der Waals surface area (Å²) in [6.45, 7) is 5.50. The lowest BCUT2D eigenvalue weighted by molar-refractivity contribution is 0.471. The van der Waals surface area contributed by atoms with Crippen molar-refractivity contribution in [1.82, 2.24) is 10.3 Å². The lowest BCUT2D eigenvalue weighted by Crippen LogP contribution is -2.33. The smallest absolute Gasteiger partial charge is 0.101 e. The van der Waals surface area contributed by atoms with Crippen molar-refractivity contribution < 1.29 is 0 Å². The molecule has 3 atom stereocenters. The molecule has 2 fully saturated rings. The Hall–Kier alpha value is -1.60. The number of hydrogen-bond acceptors (Lipinski definition) is 4. The molecule has 1 N–H and O–H groups in total. The second kappa shape index (κ2) is 4.01. The highest BCUT2D eigenvalue weighted by molar-refractivity contribution is 5.59. The van der Waals surface area contributed by atoms with Crippen LogP contribution in [0, 0.1) is 23.2 Å². The van der Waals surface area contributed by atoms with Gasteiger partial charge in [0, 0.05) is 31.9 Å². The first-order valence-corrected chi connectivity index (χ1v) is 6.12. The normalized spacial score (nSPS) is 31.3. The van der Waals surface area contributed by atoms with Gasteiger partial charge in [-0.1, -0.05) is 0 Å². The number of anilines is 1. The van der Waals surface area contributed by atoms with Crippen LogP contribution in [-0.4, -0.2) is 30.7 Å². The Labute approximate surface area is 101 Å². The third-order valence-electron chi connectivity index (χ3n) is 4.16. The fourth-order valence-corrected chi connectivity index (χ4v) is 3.20. The zero-order valence-electron chi connectivity index (χ0n) is 9.93. The van der Waals surface area contributed by atoms with Crippen LogP contribution >= 0.6 is 0 Å². The molecular weight excluding hydrogens is 212 g/mol. The Kier molecular flexibility index (Phi) is 2.49. The van der Waals surface area contributed by atoms with Gasteiger partial charge in [-0.25, -0.2) is 0 Å². The van der Waals surface area contributed by atoms with E-state index in [4.69, 9.17) is 5.26 Å². The standard InChI is InChI=1S/C13H16N4/c1-9-12-6-16-5-11(12)8-17(9)13-7-15-3-2-10(13)4-14/h2-3,7,9,11-12,16H,5-6,8H2,1H3. The van der Waals surface area contributed by atoms with Crippen molar-refractivity contribution in [3.05, 3.63) is 24.0 Å². The van der Waals surface area contributed by atoms with Gasteiger partial charge in [0.05, 0.1) is 17.4 Å². The molecule has 4 nitrogen and oxygen atoms in total. The summed E-state index contributed by atoms with van der Waals surface area (Å²) >= 11 is 0. The van der Waals surface area contributed by atoms with Gasteiger partial charge in [-0.15, -0.1) is 0 Å². The molecule has 1 aromatic heterocycles. The van der Waals surface area contributed by atoms with Crippen LogP contribution in [0.1, 0.15) is 12.5 Å². The van der Waals surface area contributed by atoms with E-state index in [-0.39, 0.29) is 0 Å². The third kappa shape index (κ3) is 1.58. The SMILES string of the molecule is CC1C2CNCC2CN1c1cnccc1C#N. The Morgan fingerprint density at radius 1 is 1.53 bits per heavy atom. The Balaban J connectivity index is 1.93. The van der Waals surface area contributed by atoms with Crippen molar-refractivity contribution >= 4 is 5.69 Å². The maximum Gasteiger partial charge on any atom is 0.101 e. The maximum atomic E-state index is 9.15. The van der Waals surface area contributed by atoms with Gasteiger partial charge in [-0.05, 0) is 24.8 Å². The average Bonchev–Trinajstić information content (AvgIpc) is 2.93. The van der Waals surface area contributed by atoms with Crippen LogP contribution in [0.15, 0.2) is 18.5 Å². The Bertz CT molecular complexity index is 465. The van der Waals surface area contributed by atoms with Crippen molar-refractivity contribution in [1.29, 1.82) is 5.26 Å². The summed E-state index contributed by atoms with van der Waals surface area (Å²) in [5.41, 5.74) is 1.73. The second-order valence-corrected chi connectivity index (χ2v) is 4.98. The number of nitriles is 1. The minimum absolute atomic E-state index is 0.492. The molecule has 4 heteroatoms. The molecule has 0 saturated carbocycles. The van der Waals surface area contributed by atoms with Gasteiger partial charge in [-0.3, -0.25) is 4.98 Å². The molecule has 2 saturated heterocycles. The molecule has 3 unspecified atom stereocenters. The number of hydrogen-bond donors (Lipinski definition) is 1. The lowest BCUT2D eigenvalue weighted by atomic mass is 9.95. The Morgan fingerprint density at radius 3 is 3.18 bits per heavy atom. The summed E-state index contributed by atoms with van der Waals surface area (Å²) in [7, 11) is 0. The van der Waals surface area contributed by atoms with Crippen LogP contribution in [0.5, 0.6) is 0 Å². The minimum atomic E-state index is 0.492. The molecule has 3 rings (SSSR count). The van der Waals surface area contributed by atoms with Crippen LogP contribution < -0.4 is 10.2 Å². The second-order valence-electron chi connectivity index (χ2n) is 4.98. The summed E-state index contributed by atoms with van der Waals surface area (Å²) in [6.07, 6.45) is 3.51. The van der Waals surface area contributed by atoms with Crippen molar-refractivity contribution in [2.75, 3.05) is 24.5 Å². The van der Waals surface area contributed by atoms with Crippen LogP contribution in [0.4, 0.5) is 5.69 Å². The quantitative estimate of drug-likeness (QED) is 0.779. The number of fused-ring (bicyclic) bond motifs is 1. The van der Waals surface area contributed by atoms with Crippen molar-refractivity contribution in [2.45, 2.75) is 13.0 Å². The molecule has 0 aliphatic carbocycles. The summed E-state index contributed by atoms with van der Waals surface area (Å²) in [6, 6.07) is 4.55. The number of nitrogens with zero attached hydrogens (tertiary/aromatic N) is 3. The molecule has 0 aromatic carbocycles. The molecule has 0 bridgehead atoms. The summed E-state index contributed by atoms with van der Waals surface area (Å²) in [5.74, 6) is 1.43. The lowest BCUT2D eigenvalue weighted by Gasteiger charge is -2.26. The first kappa shape index (κ1) is 10.5. The zero-order valence-corrected chi connectivity index (χ0v) is 9.93. The van der Waals surface area contributed by atoms with E-state index in [0.29, 0.717) is 12.0 Å². The van der Waals surface area contributed by atoms with Gasteiger partial charge in [0.1, 0.15) is 6.07 Å². The van der Waals surface area contributed by atoms with Gasteiger partial charge in [0.15, 0.2) is 0 Å². The predicted octanol–water partition coefficient (Wildman–Crippen LogP) is 0.997. The van der Waals surface area contributed by atoms with E-state index in [2.05, 4.69) is 28.2 Å². The monoisotopic (exact) mass is 228 g/mol. The summed E-state index contributed by atoms with van der Waals surface area (Å²) in [5, 5.41) is 12.6. The molecule has 0 amide bonds. The van der Waals surface area contributed by atoms with Crippen LogP contribution in [0.2, 0.25) is 0 Å². The summed E-state index contributed by atoms with van der Waals surface area (Å²) < 4.78 is 0. The van der Waals surface area contributed by atoms with Crippen molar-refractivity contribution in [2.24, 2.45) is 11.8 Å². The molecule has 1 aromatic rings. The molecule has 3 heterocycles. The fraction of sp³-hybridized carbons (Fsp3) is 0.538. The van der Waals surface area contributed by atoms with Gasteiger partial charge in [-0.2, -0.15) is 5.26 Å². The average molecular weight is 228 g/mol. The number of nitrogens with one attached hydrogen (secondary N) is 1. The van der Waals surface area contributed by atoms with Gasteiger partial charge >= 0.3 is 0 Å². The molecule has 2 aliphatic heterocycles. The predicted molar refractivity (Wildman–Crippen MR) is 65.6 cm³/mol. The van der Waals surface area contributed by atoms with Gasteiger partial charge in [0.25, 0.3) is 0 Å². The van der Waals surface area contributed by atoms with E-state index in [1.807, 2.05) is 6.20 Å². The largest absolute Gasteiger partial charge is 0.366 e. The molecule has 0 radical (unpaired) electrons. The zero-order chi connectivity index (χ0) is 11.8. The number of pyridine rings is 1. The Morgan fingerprint density at radius 2 is 2.41 bits per heavy atom. The van der Waals surface area contributed by atoms with Crippen molar-refractivity contribution in [3.8, 4) is 6.07 Å². The van der Waals surface area contributed by atoms with Crippen LogP contribution in [-0.2, 0) is 0 Å². The van der Waals surface area contributed by atoms with E-state index >= 15 is 0 Å². The molecule has 0 spiro atoms. The number of aromatic nitrogens is 1. The molecular formula is C13H16N4. The molecule has 2 aliphatic rings. The fourth-order valence-electron chi connectivity index (χ4n) is 3.20. The minimum Gasteiger partial charge on any atom is -0.366 e. The van der Waals surface area contributed by atoms with E-state index in [1.54, 1.807) is 12.3 Å². The first-order valence-electron chi connectivity index (χ1n) is 6.12. The number of rotatable bonds is 1. The van der Waals surface area contributed by atoms with Crippen LogP contribution in [0.3, 0.4) is 0 Å².